The van der Waals surface area contributed by atoms with E-state index in [1.807, 2.05) is 13.8 Å². The Bertz CT molecular complexity index is 513. The molecule has 0 fully saturated rings. The number of rotatable bonds is 5. The predicted octanol–water partition coefficient (Wildman–Crippen LogP) is 2.39. The molecule has 2 unspecified atom stereocenters. The van der Waals surface area contributed by atoms with Crippen LogP contribution in [0.2, 0.25) is 0 Å². The highest BCUT2D eigenvalue weighted by molar-refractivity contribution is 5.94. The summed E-state index contributed by atoms with van der Waals surface area (Å²) in [6.45, 7) is 6.46. The molecule has 0 spiro atoms. The Kier molecular flexibility index (Phi) is 4.90. The summed E-state index contributed by atoms with van der Waals surface area (Å²) in [5.41, 5.74) is 0.315. The normalized spacial score (nSPS) is 18.0. The highest BCUT2D eigenvalue weighted by Crippen LogP contribution is 2.43. The fraction of sp³-hybridized carbons (Fsp3) is 0.533. The van der Waals surface area contributed by atoms with Crippen molar-refractivity contribution in [3.8, 4) is 17.2 Å². The molecule has 1 aliphatic rings. The lowest BCUT2D eigenvalue weighted by Gasteiger charge is -2.27. The summed E-state index contributed by atoms with van der Waals surface area (Å²) < 4.78 is 27.2. The monoisotopic (exact) mass is 296 g/mol. The van der Waals surface area contributed by atoms with E-state index >= 15 is 0 Å². The van der Waals surface area contributed by atoms with Crippen LogP contribution in [0.15, 0.2) is 12.1 Å². The second kappa shape index (κ2) is 6.67. The van der Waals surface area contributed by atoms with E-state index in [9.17, 15) is 4.79 Å². The van der Waals surface area contributed by atoms with Gasteiger partial charge in [-0.3, -0.25) is 0 Å². The van der Waals surface area contributed by atoms with E-state index in [0.29, 0.717) is 36.0 Å². The number of carbonyl (C=O) groups is 1. The first kappa shape index (κ1) is 15.4. The van der Waals surface area contributed by atoms with Gasteiger partial charge in [-0.25, -0.2) is 4.79 Å². The van der Waals surface area contributed by atoms with Gasteiger partial charge in [-0.2, -0.15) is 0 Å². The minimum absolute atomic E-state index is 0.152. The van der Waals surface area contributed by atoms with E-state index in [4.69, 9.17) is 23.7 Å². The van der Waals surface area contributed by atoms with Crippen molar-refractivity contribution in [3.05, 3.63) is 17.7 Å². The number of carbonyl (C=O) groups excluding carboxylic acids is 1. The van der Waals surface area contributed by atoms with Gasteiger partial charge in [0.2, 0.25) is 5.75 Å². The molecule has 1 aromatic rings. The van der Waals surface area contributed by atoms with Crippen molar-refractivity contribution in [2.75, 3.05) is 20.3 Å². The summed E-state index contributed by atoms with van der Waals surface area (Å²) >= 11 is 0. The molecule has 0 saturated heterocycles. The zero-order valence-electron chi connectivity index (χ0n) is 12.7. The first-order valence-corrected chi connectivity index (χ1v) is 6.89. The maximum Gasteiger partial charge on any atom is 0.341 e. The quantitative estimate of drug-likeness (QED) is 0.614. The minimum atomic E-state index is -0.478. The van der Waals surface area contributed by atoms with Crippen molar-refractivity contribution in [3.63, 3.8) is 0 Å². The van der Waals surface area contributed by atoms with Gasteiger partial charge in [-0.15, -0.1) is 0 Å². The van der Waals surface area contributed by atoms with E-state index < -0.39 is 12.3 Å². The lowest BCUT2D eigenvalue weighted by Crippen LogP contribution is -2.28. The molecule has 0 aromatic heterocycles. The summed E-state index contributed by atoms with van der Waals surface area (Å²) in [5, 5.41) is 0. The van der Waals surface area contributed by atoms with Gasteiger partial charge in [0.05, 0.1) is 7.11 Å². The van der Waals surface area contributed by atoms with Gasteiger partial charge in [0, 0.05) is 6.61 Å². The van der Waals surface area contributed by atoms with Crippen molar-refractivity contribution in [1.82, 2.24) is 0 Å². The Morgan fingerprint density at radius 3 is 2.86 bits per heavy atom. The highest BCUT2D eigenvalue weighted by Gasteiger charge is 2.28. The van der Waals surface area contributed by atoms with Crippen LogP contribution in [-0.2, 0) is 9.47 Å². The second-order valence-electron chi connectivity index (χ2n) is 4.64. The highest BCUT2D eigenvalue weighted by atomic mass is 16.7. The first-order chi connectivity index (χ1) is 10.1. The average Bonchev–Trinajstić information content (AvgIpc) is 2.46. The number of esters is 1. The summed E-state index contributed by atoms with van der Waals surface area (Å²) in [4.78, 5) is 11.8. The molecule has 2 rings (SSSR count). The SMILES string of the molecule is CCOC(C)Oc1ccc(C(=O)OC)c2c1OCC(C)O2. The number of ether oxygens (including phenoxy) is 5. The Morgan fingerprint density at radius 1 is 1.43 bits per heavy atom. The maximum atomic E-state index is 11.8. The van der Waals surface area contributed by atoms with Gasteiger partial charge >= 0.3 is 5.97 Å². The van der Waals surface area contributed by atoms with Crippen LogP contribution < -0.4 is 14.2 Å². The van der Waals surface area contributed by atoms with Gasteiger partial charge in [0.1, 0.15) is 18.3 Å². The van der Waals surface area contributed by atoms with Gasteiger partial charge < -0.3 is 23.7 Å². The molecular weight excluding hydrogens is 276 g/mol. The molecular formula is C15H20O6. The largest absolute Gasteiger partial charge is 0.482 e. The van der Waals surface area contributed by atoms with Gasteiger partial charge in [0.25, 0.3) is 0 Å². The molecule has 21 heavy (non-hydrogen) atoms. The molecule has 0 aliphatic carbocycles. The zero-order chi connectivity index (χ0) is 15.4. The van der Waals surface area contributed by atoms with Gasteiger partial charge in [-0.05, 0) is 32.9 Å². The van der Waals surface area contributed by atoms with Crippen LogP contribution in [0.4, 0.5) is 0 Å². The Morgan fingerprint density at radius 2 is 2.19 bits per heavy atom. The van der Waals surface area contributed by atoms with Crippen molar-refractivity contribution in [1.29, 1.82) is 0 Å². The second-order valence-corrected chi connectivity index (χ2v) is 4.64. The van der Waals surface area contributed by atoms with Crippen LogP contribution >= 0.6 is 0 Å². The molecule has 6 nitrogen and oxygen atoms in total. The number of hydrogen-bond donors (Lipinski definition) is 0. The number of hydrogen-bond acceptors (Lipinski definition) is 6. The Hall–Kier alpha value is -1.95. The fourth-order valence-corrected chi connectivity index (χ4v) is 2.05. The molecule has 2 atom stereocenters. The van der Waals surface area contributed by atoms with Gasteiger partial charge in [0.15, 0.2) is 17.8 Å². The van der Waals surface area contributed by atoms with Crippen LogP contribution in [-0.4, -0.2) is 38.7 Å². The molecule has 0 N–H and O–H groups in total. The Balaban J connectivity index is 2.36. The fourth-order valence-electron chi connectivity index (χ4n) is 2.05. The summed E-state index contributed by atoms with van der Waals surface area (Å²) in [6.07, 6.45) is -0.577. The van der Waals surface area contributed by atoms with Gasteiger partial charge in [-0.1, -0.05) is 0 Å². The summed E-state index contributed by atoms with van der Waals surface area (Å²) in [7, 11) is 1.32. The molecule has 0 saturated carbocycles. The van der Waals surface area contributed by atoms with Crippen molar-refractivity contribution in [2.24, 2.45) is 0 Å². The third kappa shape index (κ3) is 3.39. The molecule has 0 amide bonds. The average molecular weight is 296 g/mol. The van der Waals surface area contributed by atoms with Crippen LogP contribution in [0.5, 0.6) is 17.2 Å². The number of fused-ring (bicyclic) bond motifs is 1. The Labute approximate surface area is 123 Å². The topological polar surface area (TPSA) is 63.2 Å². The lowest BCUT2D eigenvalue weighted by molar-refractivity contribution is -0.0635. The first-order valence-electron chi connectivity index (χ1n) is 6.89. The minimum Gasteiger partial charge on any atom is -0.482 e. The van der Waals surface area contributed by atoms with E-state index in [2.05, 4.69) is 0 Å². The standard InChI is InChI=1S/C15H20O6/c1-5-18-10(3)21-12-7-6-11(15(16)17-4)13-14(12)19-8-9(2)20-13/h6-7,9-10H,5,8H2,1-4H3. The molecule has 1 aliphatic heterocycles. The molecule has 6 heteroatoms. The summed E-state index contributed by atoms with van der Waals surface area (Å²) in [6, 6.07) is 3.25. The summed E-state index contributed by atoms with van der Waals surface area (Å²) in [5.74, 6) is 0.753. The van der Waals surface area contributed by atoms with Crippen LogP contribution in [0.25, 0.3) is 0 Å². The van der Waals surface area contributed by atoms with Crippen LogP contribution in [0.3, 0.4) is 0 Å². The third-order valence-electron chi connectivity index (χ3n) is 2.96. The molecule has 116 valence electrons. The molecule has 1 heterocycles. The van der Waals surface area contributed by atoms with E-state index in [1.54, 1.807) is 19.1 Å². The van der Waals surface area contributed by atoms with Crippen molar-refractivity contribution < 1.29 is 28.5 Å². The smallest absolute Gasteiger partial charge is 0.341 e. The number of benzene rings is 1. The molecule has 0 radical (unpaired) electrons. The molecule has 0 bridgehead atoms. The lowest BCUT2D eigenvalue weighted by atomic mass is 10.1. The third-order valence-corrected chi connectivity index (χ3v) is 2.96. The van der Waals surface area contributed by atoms with E-state index in [1.165, 1.54) is 7.11 Å². The van der Waals surface area contributed by atoms with Crippen LogP contribution in [0, 0.1) is 0 Å². The predicted molar refractivity (Wildman–Crippen MR) is 75.1 cm³/mol. The van der Waals surface area contributed by atoms with E-state index in [-0.39, 0.29) is 6.10 Å². The van der Waals surface area contributed by atoms with E-state index in [0.717, 1.165) is 0 Å². The maximum absolute atomic E-state index is 11.8. The molecule has 1 aromatic carbocycles. The van der Waals surface area contributed by atoms with Crippen molar-refractivity contribution in [2.45, 2.75) is 33.2 Å². The number of methoxy groups -OCH3 is 1. The van der Waals surface area contributed by atoms with Crippen LogP contribution in [0.1, 0.15) is 31.1 Å². The zero-order valence-corrected chi connectivity index (χ0v) is 12.7. The van der Waals surface area contributed by atoms with Crippen molar-refractivity contribution >= 4 is 5.97 Å².